The molecule has 6 nitrogen and oxygen atoms in total. The Morgan fingerprint density at radius 3 is 2.45 bits per heavy atom. The smallest absolute Gasteiger partial charge is 0.270 e. The molecule has 0 atom stereocenters. The first-order valence-corrected chi connectivity index (χ1v) is 6.25. The third-order valence-corrected chi connectivity index (χ3v) is 2.95. The van der Waals surface area contributed by atoms with Crippen molar-refractivity contribution in [2.24, 2.45) is 7.05 Å². The first-order valence-electron chi connectivity index (χ1n) is 6.25. The molecule has 2 aromatic rings. The maximum absolute atomic E-state index is 11.9. The van der Waals surface area contributed by atoms with Gasteiger partial charge in [0.1, 0.15) is 0 Å². The first kappa shape index (κ1) is 14.0. The summed E-state index contributed by atoms with van der Waals surface area (Å²) in [4.78, 5) is 22.4. The largest absolute Gasteiger partial charge is 0.380 e. The van der Waals surface area contributed by atoms with Gasteiger partial charge in [0.25, 0.3) is 11.2 Å². The third kappa shape index (κ3) is 2.64. The van der Waals surface area contributed by atoms with Gasteiger partial charge < -0.3 is 9.88 Å². The van der Waals surface area contributed by atoms with E-state index >= 15 is 0 Å². The molecule has 0 bridgehead atoms. The number of non-ortho nitro benzene ring substituents is 1. The van der Waals surface area contributed by atoms with E-state index in [1.807, 2.05) is 20.8 Å². The van der Waals surface area contributed by atoms with Crippen molar-refractivity contribution in [2.75, 3.05) is 5.32 Å². The summed E-state index contributed by atoms with van der Waals surface area (Å²) < 4.78 is 1.48. The van der Waals surface area contributed by atoms with Gasteiger partial charge in [-0.2, -0.15) is 0 Å². The summed E-state index contributed by atoms with van der Waals surface area (Å²) in [5.41, 5.74) is 0.879. The monoisotopic (exact) mass is 275 g/mol. The summed E-state index contributed by atoms with van der Waals surface area (Å²) in [6.07, 6.45) is 0. The van der Waals surface area contributed by atoms with Crippen LogP contribution in [0.3, 0.4) is 0 Å². The molecule has 20 heavy (non-hydrogen) atoms. The molecule has 1 N–H and O–H groups in total. The fourth-order valence-corrected chi connectivity index (χ4v) is 2.07. The van der Waals surface area contributed by atoms with Crippen molar-refractivity contribution >= 4 is 22.3 Å². The molecule has 1 aromatic carbocycles. The minimum atomic E-state index is -0.439. The van der Waals surface area contributed by atoms with Gasteiger partial charge in [0.15, 0.2) is 0 Å². The highest BCUT2D eigenvalue weighted by Gasteiger charge is 2.16. The number of benzene rings is 1. The van der Waals surface area contributed by atoms with Crippen LogP contribution in [0.4, 0.5) is 11.4 Å². The summed E-state index contributed by atoms with van der Waals surface area (Å²) in [5, 5.41) is 14.8. The number of rotatable bonds is 2. The number of pyridine rings is 1. The number of hydrogen-bond acceptors (Lipinski definition) is 4. The van der Waals surface area contributed by atoms with Gasteiger partial charge in [-0.3, -0.25) is 14.9 Å². The van der Waals surface area contributed by atoms with Gasteiger partial charge in [0.2, 0.25) is 0 Å². The molecular weight excluding hydrogens is 258 g/mol. The van der Waals surface area contributed by atoms with Crippen LogP contribution in [0.2, 0.25) is 0 Å². The topological polar surface area (TPSA) is 77.2 Å². The van der Waals surface area contributed by atoms with Crippen molar-refractivity contribution < 1.29 is 4.92 Å². The number of nitro groups is 1. The summed E-state index contributed by atoms with van der Waals surface area (Å²) in [6, 6.07) is 5.96. The lowest BCUT2D eigenvalue weighted by Gasteiger charge is -2.23. The highest BCUT2D eigenvalue weighted by molar-refractivity contribution is 5.93. The fourth-order valence-electron chi connectivity index (χ4n) is 2.07. The summed E-state index contributed by atoms with van der Waals surface area (Å²) in [5.74, 6) is 0. The van der Waals surface area contributed by atoms with E-state index in [1.165, 1.54) is 22.8 Å². The van der Waals surface area contributed by atoms with E-state index in [0.717, 1.165) is 0 Å². The fraction of sp³-hybridized carbons (Fsp3) is 0.357. The predicted molar refractivity (Wildman–Crippen MR) is 79.2 cm³/mol. The average Bonchev–Trinajstić information content (AvgIpc) is 2.33. The zero-order valence-electron chi connectivity index (χ0n) is 11.9. The first-order chi connectivity index (χ1) is 9.19. The van der Waals surface area contributed by atoms with Crippen molar-refractivity contribution in [1.29, 1.82) is 0 Å². The van der Waals surface area contributed by atoms with E-state index in [4.69, 9.17) is 0 Å². The molecule has 0 saturated carbocycles. The number of nitrogens with zero attached hydrogens (tertiary/aromatic N) is 2. The second-order valence-electron chi connectivity index (χ2n) is 5.79. The molecule has 0 fully saturated rings. The molecule has 2 rings (SSSR count). The zero-order chi connectivity index (χ0) is 15.1. The van der Waals surface area contributed by atoms with Crippen LogP contribution < -0.4 is 10.9 Å². The zero-order valence-corrected chi connectivity index (χ0v) is 11.9. The Balaban J connectivity index is 2.78. The highest BCUT2D eigenvalue weighted by Crippen LogP contribution is 2.27. The van der Waals surface area contributed by atoms with Gasteiger partial charge in [-0.05, 0) is 26.8 Å². The number of aromatic nitrogens is 1. The molecule has 0 saturated heterocycles. The van der Waals surface area contributed by atoms with Crippen molar-refractivity contribution in [3.05, 3.63) is 44.7 Å². The SMILES string of the molecule is Cn1c(=O)cc(NC(C)(C)C)c2cc([N+](=O)[O-])ccc21. The van der Waals surface area contributed by atoms with Crippen LogP contribution in [0.1, 0.15) is 20.8 Å². The van der Waals surface area contributed by atoms with E-state index in [0.29, 0.717) is 16.6 Å². The molecule has 106 valence electrons. The maximum atomic E-state index is 11.9. The Morgan fingerprint density at radius 2 is 1.90 bits per heavy atom. The minimum Gasteiger partial charge on any atom is -0.380 e. The summed E-state index contributed by atoms with van der Waals surface area (Å²) in [7, 11) is 1.65. The lowest BCUT2D eigenvalue weighted by Crippen LogP contribution is -2.28. The van der Waals surface area contributed by atoms with Gasteiger partial charge >= 0.3 is 0 Å². The van der Waals surface area contributed by atoms with E-state index in [9.17, 15) is 14.9 Å². The number of fused-ring (bicyclic) bond motifs is 1. The van der Waals surface area contributed by atoms with Crippen molar-refractivity contribution in [2.45, 2.75) is 26.3 Å². The maximum Gasteiger partial charge on any atom is 0.270 e. The molecule has 0 aliphatic heterocycles. The molecule has 0 spiro atoms. The lowest BCUT2D eigenvalue weighted by molar-refractivity contribution is -0.384. The standard InChI is InChI=1S/C14H17N3O3/c1-14(2,3)15-11-8-13(18)16(4)12-6-5-9(17(19)20)7-10(11)12/h5-8,15H,1-4H3. The molecule has 0 radical (unpaired) electrons. The Kier molecular flexibility index (Phi) is 3.25. The molecule has 0 unspecified atom stereocenters. The molecule has 1 heterocycles. The molecule has 1 aromatic heterocycles. The van der Waals surface area contributed by atoms with E-state index < -0.39 is 4.92 Å². The van der Waals surface area contributed by atoms with Crippen molar-refractivity contribution in [1.82, 2.24) is 4.57 Å². The molecule has 6 heteroatoms. The number of anilines is 1. The lowest BCUT2D eigenvalue weighted by atomic mass is 10.1. The van der Waals surface area contributed by atoms with Crippen LogP contribution >= 0.6 is 0 Å². The Labute approximate surface area is 116 Å². The van der Waals surface area contributed by atoms with Crippen molar-refractivity contribution in [3.63, 3.8) is 0 Å². The molecule has 0 aliphatic carbocycles. The normalized spacial score (nSPS) is 11.6. The average molecular weight is 275 g/mol. The summed E-state index contributed by atoms with van der Waals surface area (Å²) >= 11 is 0. The van der Waals surface area contributed by atoms with Crippen LogP contribution in [0.15, 0.2) is 29.1 Å². The number of hydrogen-bond donors (Lipinski definition) is 1. The van der Waals surface area contributed by atoms with Crippen LogP contribution in [0, 0.1) is 10.1 Å². The van der Waals surface area contributed by atoms with Gasteiger partial charge in [-0.1, -0.05) is 0 Å². The Hall–Kier alpha value is -2.37. The van der Waals surface area contributed by atoms with Crippen LogP contribution in [-0.4, -0.2) is 15.0 Å². The second-order valence-corrected chi connectivity index (χ2v) is 5.79. The Morgan fingerprint density at radius 1 is 1.25 bits per heavy atom. The molecular formula is C14H17N3O3. The molecule has 0 aliphatic rings. The second kappa shape index (κ2) is 4.63. The van der Waals surface area contributed by atoms with Crippen LogP contribution in [0.5, 0.6) is 0 Å². The van der Waals surface area contributed by atoms with E-state index in [2.05, 4.69) is 5.32 Å². The quantitative estimate of drug-likeness (QED) is 0.675. The van der Waals surface area contributed by atoms with Gasteiger partial charge in [0, 0.05) is 41.9 Å². The predicted octanol–water partition coefficient (Wildman–Crippen LogP) is 2.66. The number of nitrogens with one attached hydrogen (secondary N) is 1. The molecule has 0 amide bonds. The Bertz CT molecular complexity index is 742. The number of nitro benzene ring substituents is 1. The van der Waals surface area contributed by atoms with Crippen LogP contribution in [0.25, 0.3) is 10.9 Å². The third-order valence-electron chi connectivity index (χ3n) is 2.95. The van der Waals surface area contributed by atoms with E-state index in [-0.39, 0.29) is 16.8 Å². The van der Waals surface area contributed by atoms with Crippen molar-refractivity contribution in [3.8, 4) is 0 Å². The van der Waals surface area contributed by atoms with Gasteiger partial charge in [0.05, 0.1) is 10.4 Å². The van der Waals surface area contributed by atoms with Gasteiger partial charge in [-0.15, -0.1) is 0 Å². The van der Waals surface area contributed by atoms with E-state index in [1.54, 1.807) is 13.1 Å². The minimum absolute atomic E-state index is 0.00751. The summed E-state index contributed by atoms with van der Waals surface area (Å²) in [6.45, 7) is 5.90. The number of aryl methyl sites for hydroxylation is 1. The highest BCUT2D eigenvalue weighted by atomic mass is 16.6. The van der Waals surface area contributed by atoms with Gasteiger partial charge in [-0.25, -0.2) is 0 Å². The van der Waals surface area contributed by atoms with Crippen LogP contribution in [-0.2, 0) is 7.05 Å².